The van der Waals surface area contributed by atoms with Crippen molar-refractivity contribution in [3.8, 4) is 0 Å². The van der Waals surface area contributed by atoms with E-state index in [2.05, 4.69) is 66.5 Å². The average Bonchev–Trinajstić information content (AvgIpc) is 2.68. The molecule has 0 saturated heterocycles. The monoisotopic (exact) mass is 336 g/mol. The second-order valence-corrected chi connectivity index (χ2v) is 7.06. The number of hydrogen-bond acceptors (Lipinski definition) is 2. The van der Waals surface area contributed by atoms with E-state index in [4.69, 9.17) is 0 Å². The molecule has 4 aromatic rings. The average molecular weight is 336 g/mol. The van der Waals surface area contributed by atoms with E-state index in [0.717, 1.165) is 32.8 Å². The fraction of sp³-hybridized carbons (Fsp3) is 0.0870. The number of benzene rings is 4. The van der Waals surface area contributed by atoms with Crippen molar-refractivity contribution in [3.63, 3.8) is 0 Å². The van der Waals surface area contributed by atoms with Gasteiger partial charge in [0.2, 0.25) is 0 Å². The van der Waals surface area contributed by atoms with Crippen LogP contribution in [0.25, 0.3) is 21.5 Å². The summed E-state index contributed by atoms with van der Waals surface area (Å²) in [6, 6.07) is 24.9. The number of carbonyl (C=O) groups is 1. The third kappa shape index (κ3) is 1.51. The van der Waals surface area contributed by atoms with Crippen LogP contribution in [-0.4, -0.2) is 13.0 Å². The molecule has 26 heavy (non-hydrogen) atoms. The number of fused-ring (bicyclic) bond motifs is 3. The Hall–Kier alpha value is -3.33. The van der Waals surface area contributed by atoms with Gasteiger partial charge in [-0.15, -0.1) is 0 Å². The minimum absolute atomic E-state index is 0.0770. The predicted octanol–water partition coefficient (Wildman–Crippen LogP) is 5.10. The summed E-state index contributed by atoms with van der Waals surface area (Å²) in [4.78, 5) is 17.7. The molecule has 0 saturated carbocycles. The normalized spacial score (nSPS) is 17.7. The lowest BCUT2D eigenvalue weighted by molar-refractivity contribution is 0.0974. The number of hydrogen-bond donors (Lipinski definition) is 0. The maximum atomic E-state index is 13.5. The third-order valence-electron chi connectivity index (χ3n) is 5.78. The van der Waals surface area contributed by atoms with Gasteiger partial charge in [0.05, 0.1) is 5.69 Å². The minimum Gasteiger partial charge on any atom is -0.350 e. The fourth-order valence-electron chi connectivity index (χ4n) is 4.69. The molecule has 6 rings (SSSR count). The highest BCUT2D eigenvalue weighted by molar-refractivity contribution is 6.22. The number of nitrogens with zero attached hydrogens (tertiary/aromatic N) is 2. The SMILES string of the molecule is CN1c2cccc3cccc(c23)N2C(=O)c3cccc4cccc(c34)C12. The van der Waals surface area contributed by atoms with Crippen molar-refractivity contribution in [2.75, 3.05) is 16.8 Å². The van der Waals surface area contributed by atoms with Crippen molar-refractivity contribution in [1.82, 2.24) is 0 Å². The van der Waals surface area contributed by atoms with Crippen LogP contribution in [0.5, 0.6) is 0 Å². The van der Waals surface area contributed by atoms with Gasteiger partial charge in [0.25, 0.3) is 5.91 Å². The number of amides is 1. The zero-order valence-electron chi connectivity index (χ0n) is 14.3. The van der Waals surface area contributed by atoms with Crippen molar-refractivity contribution < 1.29 is 4.79 Å². The molecule has 3 nitrogen and oxygen atoms in total. The summed E-state index contributed by atoms with van der Waals surface area (Å²) in [5, 5.41) is 4.52. The first-order valence-electron chi connectivity index (χ1n) is 8.85. The highest BCUT2D eigenvalue weighted by Gasteiger charge is 2.41. The van der Waals surface area contributed by atoms with Gasteiger partial charge >= 0.3 is 0 Å². The molecule has 124 valence electrons. The molecule has 2 aliphatic rings. The second-order valence-electron chi connectivity index (χ2n) is 7.06. The molecule has 1 unspecified atom stereocenters. The maximum Gasteiger partial charge on any atom is 0.260 e. The van der Waals surface area contributed by atoms with Crippen LogP contribution >= 0.6 is 0 Å². The number of anilines is 2. The summed E-state index contributed by atoms with van der Waals surface area (Å²) in [6.45, 7) is 0. The van der Waals surface area contributed by atoms with Crippen LogP contribution in [-0.2, 0) is 0 Å². The maximum absolute atomic E-state index is 13.5. The van der Waals surface area contributed by atoms with E-state index in [1.165, 1.54) is 11.3 Å². The van der Waals surface area contributed by atoms with Crippen molar-refractivity contribution >= 4 is 38.8 Å². The largest absolute Gasteiger partial charge is 0.350 e. The lowest BCUT2D eigenvalue weighted by Gasteiger charge is -2.46. The molecule has 0 bridgehead atoms. The first-order chi connectivity index (χ1) is 12.8. The van der Waals surface area contributed by atoms with Crippen LogP contribution in [0.15, 0.2) is 72.8 Å². The topological polar surface area (TPSA) is 23.6 Å². The zero-order valence-corrected chi connectivity index (χ0v) is 14.3. The van der Waals surface area contributed by atoms with Crippen LogP contribution in [0, 0.1) is 0 Å². The molecule has 0 spiro atoms. The summed E-state index contributed by atoms with van der Waals surface area (Å²) < 4.78 is 0. The second kappa shape index (κ2) is 4.64. The Morgan fingerprint density at radius 3 is 2.12 bits per heavy atom. The van der Waals surface area contributed by atoms with E-state index in [9.17, 15) is 4.79 Å². The van der Waals surface area contributed by atoms with Crippen molar-refractivity contribution in [1.29, 1.82) is 0 Å². The Morgan fingerprint density at radius 1 is 0.731 bits per heavy atom. The van der Waals surface area contributed by atoms with Crippen LogP contribution in [0.1, 0.15) is 22.1 Å². The lowest BCUT2D eigenvalue weighted by Crippen LogP contribution is -2.48. The van der Waals surface area contributed by atoms with Crippen LogP contribution in [0.4, 0.5) is 11.4 Å². The Balaban J connectivity index is 1.76. The Morgan fingerprint density at radius 2 is 1.35 bits per heavy atom. The van der Waals surface area contributed by atoms with Crippen molar-refractivity contribution in [3.05, 3.63) is 83.9 Å². The van der Waals surface area contributed by atoms with E-state index in [1.807, 2.05) is 23.1 Å². The molecule has 4 aromatic carbocycles. The molecular formula is C23H16N2O. The van der Waals surface area contributed by atoms with Gasteiger partial charge in [-0.05, 0) is 29.0 Å². The van der Waals surface area contributed by atoms with Gasteiger partial charge in [-0.1, -0.05) is 54.6 Å². The summed E-state index contributed by atoms with van der Waals surface area (Å²) in [5.74, 6) is 0.0770. The molecule has 1 atom stereocenters. The van der Waals surface area contributed by atoms with E-state index in [-0.39, 0.29) is 12.1 Å². The molecule has 3 heteroatoms. The number of rotatable bonds is 0. The molecular weight excluding hydrogens is 320 g/mol. The highest BCUT2D eigenvalue weighted by atomic mass is 16.2. The van der Waals surface area contributed by atoms with E-state index in [0.29, 0.717) is 0 Å². The van der Waals surface area contributed by atoms with Crippen LogP contribution in [0.3, 0.4) is 0 Å². The van der Waals surface area contributed by atoms with Gasteiger partial charge in [0.15, 0.2) is 0 Å². The molecule has 2 heterocycles. The zero-order chi connectivity index (χ0) is 17.4. The lowest BCUT2D eigenvalue weighted by atomic mass is 9.89. The smallest absolute Gasteiger partial charge is 0.260 e. The molecule has 2 aliphatic heterocycles. The van der Waals surface area contributed by atoms with Gasteiger partial charge in [-0.25, -0.2) is 0 Å². The Bertz CT molecular complexity index is 1230. The number of carbonyl (C=O) groups excluding carboxylic acids is 1. The molecule has 0 radical (unpaired) electrons. The van der Waals surface area contributed by atoms with E-state index < -0.39 is 0 Å². The standard InChI is InChI=1S/C23H16N2O/c1-24-18-12-4-8-15-9-5-13-19(21(15)18)25-22(24)16-10-2-6-14-7-3-11-17(20(14)16)23(25)26/h2-13,22H,1H3. The van der Waals surface area contributed by atoms with Crippen LogP contribution in [0.2, 0.25) is 0 Å². The Labute approximate surface area is 151 Å². The predicted molar refractivity (Wildman–Crippen MR) is 106 cm³/mol. The van der Waals surface area contributed by atoms with E-state index >= 15 is 0 Å². The summed E-state index contributed by atoms with van der Waals surface area (Å²) >= 11 is 0. The molecule has 0 aromatic heterocycles. The first-order valence-corrected chi connectivity index (χ1v) is 8.85. The first kappa shape index (κ1) is 13.9. The van der Waals surface area contributed by atoms with E-state index in [1.54, 1.807) is 0 Å². The molecule has 0 fully saturated rings. The summed E-state index contributed by atoms with van der Waals surface area (Å²) in [7, 11) is 2.09. The van der Waals surface area contributed by atoms with Crippen molar-refractivity contribution in [2.24, 2.45) is 0 Å². The Kier molecular flexibility index (Phi) is 2.48. The van der Waals surface area contributed by atoms with Crippen molar-refractivity contribution in [2.45, 2.75) is 6.17 Å². The molecule has 1 amide bonds. The summed E-state index contributed by atoms with van der Waals surface area (Å²) in [6.07, 6.45) is -0.124. The van der Waals surface area contributed by atoms with Gasteiger partial charge in [-0.3, -0.25) is 9.69 Å². The van der Waals surface area contributed by atoms with Gasteiger partial charge in [-0.2, -0.15) is 0 Å². The molecule has 0 N–H and O–H groups in total. The minimum atomic E-state index is -0.124. The van der Waals surface area contributed by atoms with Gasteiger partial charge in [0.1, 0.15) is 6.17 Å². The molecule has 0 aliphatic carbocycles. The fourth-order valence-corrected chi connectivity index (χ4v) is 4.69. The third-order valence-corrected chi connectivity index (χ3v) is 5.78. The summed E-state index contributed by atoms with van der Waals surface area (Å²) in [5.41, 5.74) is 4.15. The van der Waals surface area contributed by atoms with Gasteiger partial charge in [0, 0.05) is 34.6 Å². The highest BCUT2D eigenvalue weighted by Crippen LogP contribution is 2.49. The van der Waals surface area contributed by atoms with Gasteiger partial charge < -0.3 is 4.90 Å². The van der Waals surface area contributed by atoms with Crippen LogP contribution < -0.4 is 9.80 Å². The quantitative estimate of drug-likeness (QED) is 0.446.